The molecule has 84 valence electrons. The molecule has 0 saturated carbocycles. The molecule has 1 heterocycles. The predicted molar refractivity (Wildman–Crippen MR) is 65.2 cm³/mol. The van der Waals surface area contributed by atoms with E-state index in [4.69, 9.17) is 0 Å². The second kappa shape index (κ2) is 6.08. The molecular formula is C11H19N3S. The standard InChI is InChI=1S/C11H19N3S/c1-5-12-9(3)10(4)15-11-13-7-6-8(2)14-11/h6-7,9-10,12H,5H2,1-4H3. The van der Waals surface area contributed by atoms with Crippen molar-refractivity contribution in [1.29, 1.82) is 0 Å². The van der Waals surface area contributed by atoms with Gasteiger partial charge in [0.2, 0.25) is 0 Å². The Hall–Kier alpha value is -0.610. The first-order chi connectivity index (χ1) is 7.13. The molecule has 0 radical (unpaired) electrons. The SMILES string of the molecule is CCNC(C)C(C)Sc1nccc(C)n1. The van der Waals surface area contributed by atoms with E-state index in [0.29, 0.717) is 11.3 Å². The minimum atomic E-state index is 0.476. The van der Waals surface area contributed by atoms with Crippen molar-refractivity contribution in [2.45, 2.75) is 44.1 Å². The zero-order chi connectivity index (χ0) is 11.3. The maximum Gasteiger partial charge on any atom is 0.188 e. The number of nitrogens with one attached hydrogen (secondary N) is 1. The Balaban J connectivity index is 2.54. The molecule has 0 spiro atoms. The van der Waals surface area contributed by atoms with E-state index in [0.717, 1.165) is 17.4 Å². The molecule has 1 aromatic rings. The number of hydrogen-bond acceptors (Lipinski definition) is 4. The summed E-state index contributed by atoms with van der Waals surface area (Å²) < 4.78 is 0. The second-order valence-corrected chi connectivity index (χ2v) is 4.99. The Bertz CT molecular complexity index is 304. The number of aromatic nitrogens is 2. The molecule has 0 aliphatic carbocycles. The van der Waals surface area contributed by atoms with Gasteiger partial charge in [0.1, 0.15) is 0 Å². The van der Waals surface area contributed by atoms with Gasteiger partial charge in [-0.15, -0.1) is 0 Å². The van der Waals surface area contributed by atoms with Gasteiger partial charge in [0.05, 0.1) is 0 Å². The Morgan fingerprint density at radius 2 is 2.20 bits per heavy atom. The molecule has 1 N–H and O–H groups in total. The minimum absolute atomic E-state index is 0.476. The van der Waals surface area contributed by atoms with Crippen LogP contribution >= 0.6 is 11.8 Å². The number of rotatable bonds is 5. The van der Waals surface area contributed by atoms with Crippen LogP contribution in [0.15, 0.2) is 17.4 Å². The Labute approximate surface area is 96.1 Å². The number of thioether (sulfide) groups is 1. The summed E-state index contributed by atoms with van der Waals surface area (Å²) in [6.45, 7) is 9.50. The Morgan fingerprint density at radius 3 is 2.80 bits per heavy atom. The summed E-state index contributed by atoms with van der Waals surface area (Å²) in [7, 11) is 0. The fourth-order valence-corrected chi connectivity index (χ4v) is 2.19. The topological polar surface area (TPSA) is 37.8 Å². The third-order valence-electron chi connectivity index (χ3n) is 2.29. The third-order valence-corrected chi connectivity index (χ3v) is 3.48. The lowest BCUT2D eigenvalue weighted by Gasteiger charge is -2.19. The van der Waals surface area contributed by atoms with Gasteiger partial charge in [-0.05, 0) is 26.5 Å². The van der Waals surface area contributed by atoms with Crippen molar-refractivity contribution in [3.8, 4) is 0 Å². The van der Waals surface area contributed by atoms with Gasteiger partial charge in [-0.2, -0.15) is 0 Å². The van der Waals surface area contributed by atoms with E-state index in [-0.39, 0.29) is 0 Å². The van der Waals surface area contributed by atoms with Crippen LogP contribution in [0.25, 0.3) is 0 Å². The number of hydrogen-bond donors (Lipinski definition) is 1. The van der Waals surface area contributed by atoms with Crippen LogP contribution in [0.3, 0.4) is 0 Å². The van der Waals surface area contributed by atoms with Gasteiger partial charge in [-0.1, -0.05) is 25.6 Å². The molecule has 0 saturated heterocycles. The van der Waals surface area contributed by atoms with Gasteiger partial charge < -0.3 is 5.32 Å². The molecular weight excluding hydrogens is 206 g/mol. The maximum atomic E-state index is 4.38. The van der Waals surface area contributed by atoms with Crippen LogP contribution in [0.2, 0.25) is 0 Å². The van der Waals surface area contributed by atoms with Crippen molar-refractivity contribution in [1.82, 2.24) is 15.3 Å². The van der Waals surface area contributed by atoms with Crippen LogP contribution in [-0.4, -0.2) is 27.8 Å². The number of nitrogens with zero attached hydrogens (tertiary/aromatic N) is 2. The van der Waals surface area contributed by atoms with Gasteiger partial charge in [-0.25, -0.2) is 9.97 Å². The average Bonchev–Trinajstić information content (AvgIpc) is 2.18. The van der Waals surface area contributed by atoms with Crippen molar-refractivity contribution >= 4 is 11.8 Å². The van der Waals surface area contributed by atoms with Crippen molar-refractivity contribution < 1.29 is 0 Å². The summed E-state index contributed by atoms with van der Waals surface area (Å²) in [5.41, 5.74) is 1.02. The van der Waals surface area contributed by atoms with E-state index in [9.17, 15) is 0 Å². The third kappa shape index (κ3) is 4.18. The fourth-order valence-electron chi connectivity index (χ4n) is 1.24. The largest absolute Gasteiger partial charge is 0.313 e. The van der Waals surface area contributed by atoms with Gasteiger partial charge >= 0.3 is 0 Å². The van der Waals surface area contributed by atoms with Gasteiger partial charge in [0.15, 0.2) is 5.16 Å². The zero-order valence-electron chi connectivity index (χ0n) is 9.82. The van der Waals surface area contributed by atoms with E-state index in [1.165, 1.54) is 0 Å². The van der Waals surface area contributed by atoms with Crippen LogP contribution in [0.1, 0.15) is 26.5 Å². The molecule has 1 aromatic heterocycles. The average molecular weight is 225 g/mol. The van der Waals surface area contributed by atoms with Gasteiger partial charge in [0, 0.05) is 23.2 Å². The molecule has 0 aromatic carbocycles. The molecule has 3 nitrogen and oxygen atoms in total. The van der Waals surface area contributed by atoms with Crippen LogP contribution in [0.5, 0.6) is 0 Å². The van der Waals surface area contributed by atoms with Gasteiger partial charge in [-0.3, -0.25) is 0 Å². The molecule has 4 heteroatoms. The van der Waals surface area contributed by atoms with Crippen LogP contribution in [-0.2, 0) is 0 Å². The summed E-state index contributed by atoms with van der Waals surface area (Å²) in [5.74, 6) is 0. The van der Waals surface area contributed by atoms with Crippen molar-refractivity contribution in [3.63, 3.8) is 0 Å². The summed E-state index contributed by atoms with van der Waals surface area (Å²) >= 11 is 1.72. The van der Waals surface area contributed by atoms with Crippen LogP contribution < -0.4 is 5.32 Å². The summed E-state index contributed by atoms with van der Waals surface area (Å²) in [6.07, 6.45) is 1.81. The molecule has 2 atom stereocenters. The van der Waals surface area contributed by atoms with Crippen molar-refractivity contribution in [3.05, 3.63) is 18.0 Å². The van der Waals surface area contributed by atoms with Crippen LogP contribution in [0, 0.1) is 6.92 Å². The van der Waals surface area contributed by atoms with E-state index < -0.39 is 0 Å². The minimum Gasteiger partial charge on any atom is -0.313 e. The van der Waals surface area contributed by atoms with E-state index >= 15 is 0 Å². The lowest BCUT2D eigenvalue weighted by molar-refractivity contribution is 0.562. The highest BCUT2D eigenvalue weighted by Crippen LogP contribution is 2.21. The highest BCUT2D eigenvalue weighted by molar-refractivity contribution is 7.99. The van der Waals surface area contributed by atoms with Crippen molar-refractivity contribution in [2.75, 3.05) is 6.54 Å². The highest BCUT2D eigenvalue weighted by atomic mass is 32.2. The predicted octanol–water partition coefficient (Wildman–Crippen LogP) is 2.26. The van der Waals surface area contributed by atoms with E-state index in [2.05, 4.69) is 36.1 Å². The smallest absolute Gasteiger partial charge is 0.188 e. The Kier molecular flexibility index (Phi) is 5.05. The second-order valence-electron chi connectivity index (χ2n) is 3.65. The highest BCUT2D eigenvalue weighted by Gasteiger charge is 2.13. The van der Waals surface area contributed by atoms with E-state index in [1.807, 2.05) is 19.2 Å². The monoisotopic (exact) mass is 225 g/mol. The molecule has 1 rings (SSSR count). The summed E-state index contributed by atoms with van der Waals surface area (Å²) in [4.78, 5) is 8.63. The van der Waals surface area contributed by atoms with Gasteiger partial charge in [0.25, 0.3) is 0 Å². The molecule has 0 aliphatic heterocycles. The molecule has 2 unspecified atom stereocenters. The summed E-state index contributed by atoms with van der Waals surface area (Å²) in [5, 5.41) is 4.75. The normalized spacial score (nSPS) is 14.9. The first kappa shape index (κ1) is 12.5. The molecule has 0 aliphatic rings. The zero-order valence-corrected chi connectivity index (χ0v) is 10.6. The van der Waals surface area contributed by atoms with Crippen LogP contribution in [0.4, 0.5) is 0 Å². The lowest BCUT2D eigenvalue weighted by atomic mass is 10.2. The van der Waals surface area contributed by atoms with E-state index in [1.54, 1.807) is 11.8 Å². The first-order valence-corrected chi connectivity index (χ1v) is 6.21. The fraction of sp³-hybridized carbons (Fsp3) is 0.636. The van der Waals surface area contributed by atoms with Crippen molar-refractivity contribution in [2.24, 2.45) is 0 Å². The first-order valence-electron chi connectivity index (χ1n) is 5.33. The molecule has 0 amide bonds. The molecule has 0 fully saturated rings. The molecule has 15 heavy (non-hydrogen) atoms. The summed E-state index contributed by atoms with van der Waals surface area (Å²) in [6, 6.07) is 2.40. The quantitative estimate of drug-likeness (QED) is 0.616. The maximum absolute atomic E-state index is 4.38. The number of aryl methyl sites for hydroxylation is 1. The lowest BCUT2D eigenvalue weighted by Crippen LogP contribution is -2.33. The Morgan fingerprint density at radius 1 is 1.47 bits per heavy atom. The molecule has 0 bridgehead atoms.